The van der Waals surface area contributed by atoms with Gasteiger partial charge in [0.15, 0.2) is 5.75 Å². The van der Waals surface area contributed by atoms with Crippen molar-refractivity contribution in [2.75, 3.05) is 14.2 Å². The van der Waals surface area contributed by atoms with Crippen LogP contribution in [0.3, 0.4) is 0 Å². The van der Waals surface area contributed by atoms with Crippen LogP contribution in [0.5, 0.6) is 17.2 Å². The van der Waals surface area contributed by atoms with Gasteiger partial charge in [-0.25, -0.2) is 5.43 Å². The van der Waals surface area contributed by atoms with Crippen molar-refractivity contribution in [2.45, 2.75) is 12.8 Å². The Morgan fingerprint density at radius 2 is 1.84 bits per heavy atom. The number of carbonyl (C=O) groups excluding carboxylic acids is 1. The van der Waals surface area contributed by atoms with E-state index in [0.717, 1.165) is 28.2 Å². The molecule has 0 radical (unpaired) electrons. The largest absolute Gasteiger partial charge is 0.500 e. The Morgan fingerprint density at radius 1 is 1.13 bits per heavy atom. The van der Waals surface area contributed by atoms with E-state index in [9.17, 15) is 20.0 Å². The van der Waals surface area contributed by atoms with Gasteiger partial charge < -0.3 is 14.6 Å². The molecule has 0 bridgehead atoms. The fraction of sp³-hybridized carbons (Fsp3) is 0.182. The van der Waals surface area contributed by atoms with Gasteiger partial charge >= 0.3 is 5.69 Å². The van der Waals surface area contributed by atoms with Gasteiger partial charge in [0.05, 0.1) is 31.3 Å². The number of fused-ring (bicyclic) bond motifs is 1. The third-order valence-corrected chi connectivity index (χ3v) is 4.85. The fourth-order valence-corrected chi connectivity index (χ4v) is 3.04. The van der Waals surface area contributed by atoms with Gasteiger partial charge in [0.2, 0.25) is 11.7 Å². The lowest BCUT2D eigenvalue weighted by Crippen LogP contribution is -2.23. The van der Waals surface area contributed by atoms with Crippen LogP contribution in [-0.4, -0.2) is 36.4 Å². The van der Waals surface area contributed by atoms with Crippen molar-refractivity contribution in [1.82, 2.24) is 5.43 Å². The van der Waals surface area contributed by atoms with E-state index in [4.69, 9.17) is 9.47 Å². The van der Waals surface area contributed by atoms with Crippen LogP contribution >= 0.6 is 0 Å². The van der Waals surface area contributed by atoms with E-state index in [1.807, 2.05) is 36.4 Å². The molecule has 0 aliphatic heterocycles. The molecule has 2 N–H and O–H groups in total. The number of nitrogens with zero attached hydrogens (tertiary/aromatic N) is 2. The van der Waals surface area contributed by atoms with Gasteiger partial charge in [-0.2, -0.15) is 5.10 Å². The molecular formula is C22H21N3O6. The lowest BCUT2D eigenvalue weighted by Gasteiger charge is -2.11. The molecule has 0 fully saturated rings. The van der Waals surface area contributed by atoms with Crippen LogP contribution in [-0.2, 0) is 4.79 Å². The molecule has 31 heavy (non-hydrogen) atoms. The van der Waals surface area contributed by atoms with Gasteiger partial charge in [-0.15, -0.1) is 0 Å². The molecule has 9 nitrogen and oxygen atoms in total. The molecule has 0 spiro atoms. The standard InChI is InChI=1S/C22H21N3O6/c1-13(15-4-5-17-11-18(30-2)7-6-16(17)10-15)22(27)24-23-12-14-8-19(25(28)29)21(26)20(9-14)31-3/h4-13,26H,1-3H3,(H,24,27)/b23-12-/t13-/m1/s1. The Morgan fingerprint density at radius 3 is 2.52 bits per heavy atom. The highest BCUT2D eigenvalue weighted by atomic mass is 16.6. The van der Waals surface area contributed by atoms with Gasteiger partial charge in [-0.05, 0) is 41.5 Å². The number of hydrogen-bond acceptors (Lipinski definition) is 7. The molecule has 3 aromatic carbocycles. The summed E-state index contributed by atoms with van der Waals surface area (Å²) in [7, 11) is 2.89. The van der Waals surface area contributed by atoms with E-state index in [2.05, 4.69) is 10.5 Å². The molecule has 3 aromatic rings. The number of amides is 1. The fourth-order valence-electron chi connectivity index (χ4n) is 3.04. The summed E-state index contributed by atoms with van der Waals surface area (Å²) in [6.07, 6.45) is 1.24. The van der Waals surface area contributed by atoms with Crippen molar-refractivity contribution in [3.05, 3.63) is 69.8 Å². The monoisotopic (exact) mass is 423 g/mol. The summed E-state index contributed by atoms with van der Waals surface area (Å²) in [6, 6.07) is 13.9. The van der Waals surface area contributed by atoms with Crippen LogP contribution in [0.15, 0.2) is 53.6 Å². The number of nitrogens with one attached hydrogen (secondary N) is 1. The van der Waals surface area contributed by atoms with Crippen LogP contribution in [0.4, 0.5) is 5.69 Å². The normalized spacial score (nSPS) is 12.0. The van der Waals surface area contributed by atoms with E-state index in [1.54, 1.807) is 14.0 Å². The zero-order valence-corrected chi connectivity index (χ0v) is 17.2. The van der Waals surface area contributed by atoms with Gasteiger partial charge in [0, 0.05) is 11.6 Å². The molecule has 0 aliphatic carbocycles. The predicted molar refractivity (Wildman–Crippen MR) is 116 cm³/mol. The highest BCUT2D eigenvalue weighted by Gasteiger charge is 2.19. The zero-order valence-electron chi connectivity index (χ0n) is 17.2. The van der Waals surface area contributed by atoms with E-state index in [1.165, 1.54) is 19.4 Å². The van der Waals surface area contributed by atoms with Crippen molar-refractivity contribution in [2.24, 2.45) is 5.10 Å². The predicted octanol–water partition coefficient (Wildman–Crippen LogP) is 3.72. The Bertz CT molecular complexity index is 1180. The lowest BCUT2D eigenvalue weighted by molar-refractivity contribution is -0.386. The summed E-state index contributed by atoms with van der Waals surface area (Å²) in [5.41, 5.74) is 3.01. The average molecular weight is 423 g/mol. The minimum atomic E-state index is -0.731. The summed E-state index contributed by atoms with van der Waals surface area (Å²) in [6.45, 7) is 1.75. The first-order valence-electron chi connectivity index (χ1n) is 9.30. The topological polar surface area (TPSA) is 123 Å². The Balaban J connectivity index is 1.74. The van der Waals surface area contributed by atoms with E-state index in [0.29, 0.717) is 0 Å². The smallest absolute Gasteiger partial charge is 0.315 e. The van der Waals surface area contributed by atoms with Crippen LogP contribution in [0.25, 0.3) is 10.8 Å². The molecule has 0 heterocycles. The summed E-state index contributed by atoms with van der Waals surface area (Å²) in [4.78, 5) is 22.8. The third kappa shape index (κ3) is 4.72. The number of rotatable bonds is 7. The number of methoxy groups -OCH3 is 2. The SMILES string of the molecule is COc1ccc2cc([C@@H](C)C(=O)N/N=C\c3cc(OC)c(O)c([N+](=O)[O-])c3)ccc2c1. The van der Waals surface area contributed by atoms with Crippen LogP contribution < -0.4 is 14.9 Å². The van der Waals surface area contributed by atoms with Crippen molar-refractivity contribution in [3.63, 3.8) is 0 Å². The third-order valence-electron chi connectivity index (χ3n) is 4.85. The first-order valence-corrected chi connectivity index (χ1v) is 9.30. The van der Waals surface area contributed by atoms with Crippen LogP contribution in [0, 0.1) is 10.1 Å². The molecule has 0 aliphatic rings. The quantitative estimate of drug-likeness (QED) is 0.339. The maximum absolute atomic E-state index is 12.5. The first-order chi connectivity index (χ1) is 14.8. The highest BCUT2D eigenvalue weighted by molar-refractivity contribution is 5.89. The number of phenols is 1. The molecule has 9 heteroatoms. The highest BCUT2D eigenvalue weighted by Crippen LogP contribution is 2.36. The molecule has 1 amide bonds. The van der Waals surface area contributed by atoms with E-state index in [-0.39, 0.29) is 17.2 Å². The molecule has 1 atom stereocenters. The van der Waals surface area contributed by atoms with Gasteiger partial charge in [-0.3, -0.25) is 14.9 Å². The molecule has 0 unspecified atom stereocenters. The minimum absolute atomic E-state index is 0.0665. The van der Waals surface area contributed by atoms with E-state index < -0.39 is 22.3 Å². The number of hydrogen-bond donors (Lipinski definition) is 2. The second kappa shape index (κ2) is 9.12. The van der Waals surface area contributed by atoms with E-state index >= 15 is 0 Å². The second-order valence-electron chi connectivity index (χ2n) is 6.78. The van der Waals surface area contributed by atoms with Crippen molar-refractivity contribution in [3.8, 4) is 17.2 Å². The lowest BCUT2D eigenvalue weighted by atomic mass is 9.97. The number of phenolic OH excluding ortho intramolecular Hbond substituents is 1. The maximum Gasteiger partial charge on any atom is 0.315 e. The molecular weight excluding hydrogens is 402 g/mol. The minimum Gasteiger partial charge on any atom is -0.500 e. The Hall–Kier alpha value is -4.14. The number of nitro benzene ring substituents is 1. The van der Waals surface area contributed by atoms with Crippen molar-refractivity contribution in [1.29, 1.82) is 0 Å². The maximum atomic E-state index is 12.5. The van der Waals surface area contributed by atoms with Crippen LogP contribution in [0.2, 0.25) is 0 Å². The summed E-state index contributed by atoms with van der Waals surface area (Å²) < 4.78 is 10.2. The number of benzene rings is 3. The van der Waals surface area contributed by atoms with Gasteiger partial charge in [0.1, 0.15) is 5.75 Å². The summed E-state index contributed by atoms with van der Waals surface area (Å²) in [5, 5.41) is 26.7. The molecule has 0 saturated carbocycles. The van der Waals surface area contributed by atoms with Crippen molar-refractivity contribution < 1.29 is 24.3 Å². The van der Waals surface area contributed by atoms with Crippen molar-refractivity contribution >= 4 is 28.6 Å². The summed E-state index contributed by atoms with van der Waals surface area (Å²) in [5.74, 6) is -0.706. The van der Waals surface area contributed by atoms with Crippen LogP contribution in [0.1, 0.15) is 24.0 Å². The molecule has 0 saturated heterocycles. The number of nitro groups is 1. The Labute approximate surface area is 178 Å². The van der Waals surface area contributed by atoms with Gasteiger partial charge in [0.25, 0.3) is 0 Å². The number of ether oxygens (including phenoxy) is 2. The number of carbonyl (C=O) groups is 1. The summed E-state index contributed by atoms with van der Waals surface area (Å²) >= 11 is 0. The number of hydrazone groups is 1. The molecule has 160 valence electrons. The molecule has 3 rings (SSSR count). The average Bonchev–Trinajstić information content (AvgIpc) is 2.78. The Kier molecular flexibility index (Phi) is 6.35. The number of aromatic hydroxyl groups is 1. The second-order valence-corrected chi connectivity index (χ2v) is 6.78. The molecule has 0 aromatic heterocycles. The zero-order chi connectivity index (χ0) is 22.5. The van der Waals surface area contributed by atoms with Gasteiger partial charge in [-0.1, -0.05) is 24.3 Å². The first kappa shape index (κ1) is 21.6.